The van der Waals surface area contributed by atoms with Crippen molar-refractivity contribution in [3.05, 3.63) is 29.8 Å². The summed E-state index contributed by atoms with van der Waals surface area (Å²) in [6.07, 6.45) is -3.10. The Labute approximate surface area is 156 Å². The smallest absolute Gasteiger partial charge is 0.343 e. The number of nitrogens with one attached hydrogen (secondary N) is 2. The van der Waals surface area contributed by atoms with Gasteiger partial charge in [-0.1, -0.05) is 0 Å². The van der Waals surface area contributed by atoms with Gasteiger partial charge in [0, 0.05) is 18.7 Å². The van der Waals surface area contributed by atoms with E-state index in [9.17, 15) is 26.4 Å². The highest BCUT2D eigenvalue weighted by molar-refractivity contribution is 7.89. The number of sulfonamides is 1. The van der Waals surface area contributed by atoms with Gasteiger partial charge >= 0.3 is 6.18 Å². The molecule has 1 fully saturated rings. The number of halogens is 4. The van der Waals surface area contributed by atoms with E-state index in [1.807, 2.05) is 0 Å². The van der Waals surface area contributed by atoms with E-state index in [4.69, 9.17) is 0 Å². The molecule has 2 N–H and O–H groups in total. The van der Waals surface area contributed by atoms with E-state index in [1.165, 1.54) is 35.6 Å². The van der Waals surface area contributed by atoms with Crippen LogP contribution in [0.3, 0.4) is 0 Å². The van der Waals surface area contributed by atoms with Crippen LogP contribution < -0.4 is 10.6 Å². The van der Waals surface area contributed by atoms with Gasteiger partial charge in [0.2, 0.25) is 10.0 Å². The van der Waals surface area contributed by atoms with Gasteiger partial charge in [-0.25, -0.2) is 8.42 Å². The molecule has 0 radical (unpaired) electrons. The third kappa shape index (κ3) is 5.83. The lowest BCUT2D eigenvalue weighted by molar-refractivity contribution is -0.123. The van der Waals surface area contributed by atoms with Crippen molar-refractivity contribution in [2.75, 3.05) is 26.7 Å². The van der Waals surface area contributed by atoms with Crippen LogP contribution in [0, 0.1) is 0 Å². The van der Waals surface area contributed by atoms with Crippen molar-refractivity contribution in [3.8, 4) is 0 Å². The Morgan fingerprint density at radius 1 is 1.23 bits per heavy atom. The number of alkyl halides is 3. The standard InChI is InChI=1S/C15H20F3N3O3S.ClH/c1-21(12-6-8-19-9-7-12)25(23,24)13-4-2-11(3-5-13)14(22)20-10-15(16,17)18;/h2-5,12,19H,6-10H2,1H3,(H,20,22);1H. The van der Waals surface area contributed by atoms with Crippen molar-refractivity contribution in [2.24, 2.45) is 0 Å². The molecule has 0 aliphatic carbocycles. The minimum Gasteiger partial charge on any atom is -0.343 e. The molecule has 1 aliphatic rings. The second-order valence-corrected chi connectivity index (χ2v) is 7.82. The molecule has 1 amide bonds. The van der Waals surface area contributed by atoms with Crippen LogP contribution in [0.5, 0.6) is 0 Å². The van der Waals surface area contributed by atoms with Crippen LogP contribution in [0.25, 0.3) is 0 Å². The van der Waals surface area contributed by atoms with Crippen molar-refractivity contribution < 1.29 is 26.4 Å². The first-order valence-electron chi connectivity index (χ1n) is 7.75. The summed E-state index contributed by atoms with van der Waals surface area (Å²) in [6, 6.07) is 4.76. The first-order valence-corrected chi connectivity index (χ1v) is 9.19. The van der Waals surface area contributed by atoms with Crippen molar-refractivity contribution in [2.45, 2.75) is 30.0 Å². The number of carbonyl (C=O) groups excluding carboxylic acids is 1. The van der Waals surface area contributed by atoms with E-state index in [0.29, 0.717) is 12.8 Å². The molecular weight excluding hydrogens is 395 g/mol. The van der Waals surface area contributed by atoms with E-state index in [1.54, 1.807) is 5.32 Å². The van der Waals surface area contributed by atoms with Crippen LogP contribution in [-0.2, 0) is 10.0 Å². The molecule has 1 aliphatic heterocycles. The first kappa shape index (κ1) is 22.7. The summed E-state index contributed by atoms with van der Waals surface area (Å²) in [7, 11) is -2.21. The lowest BCUT2D eigenvalue weighted by Gasteiger charge is -2.30. The van der Waals surface area contributed by atoms with E-state index < -0.39 is 28.7 Å². The largest absolute Gasteiger partial charge is 0.405 e. The van der Waals surface area contributed by atoms with Crippen LogP contribution in [0.15, 0.2) is 29.2 Å². The average molecular weight is 416 g/mol. The van der Waals surface area contributed by atoms with E-state index in [-0.39, 0.29) is 28.9 Å². The molecule has 0 bridgehead atoms. The summed E-state index contributed by atoms with van der Waals surface area (Å²) < 4.78 is 62.9. The lowest BCUT2D eigenvalue weighted by Crippen LogP contribution is -2.43. The molecule has 0 unspecified atom stereocenters. The molecule has 1 aromatic carbocycles. The monoisotopic (exact) mass is 415 g/mol. The van der Waals surface area contributed by atoms with Gasteiger partial charge in [-0.05, 0) is 50.2 Å². The number of amides is 1. The van der Waals surface area contributed by atoms with Crippen LogP contribution >= 0.6 is 12.4 Å². The zero-order valence-electron chi connectivity index (χ0n) is 14.0. The van der Waals surface area contributed by atoms with E-state index >= 15 is 0 Å². The first-order chi connectivity index (χ1) is 11.6. The molecular formula is C15H21ClF3N3O3S. The number of hydrogen-bond donors (Lipinski definition) is 2. The Morgan fingerprint density at radius 3 is 2.27 bits per heavy atom. The second-order valence-electron chi connectivity index (χ2n) is 5.82. The van der Waals surface area contributed by atoms with E-state index in [2.05, 4.69) is 5.32 Å². The molecule has 0 spiro atoms. The third-order valence-electron chi connectivity index (χ3n) is 4.07. The lowest BCUT2D eigenvalue weighted by atomic mass is 10.1. The maximum atomic E-state index is 12.6. The van der Waals surface area contributed by atoms with Crippen molar-refractivity contribution in [3.63, 3.8) is 0 Å². The van der Waals surface area contributed by atoms with Crippen molar-refractivity contribution in [1.82, 2.24) is 14.9 Å². The van der Waals surface area contributed by atoms with Gasteiger partial charge in [-0.15, -0.1) is 12.4 Å². The fraction of sp³-hybridized carbons (Fsp3) is 0.533. The van der Waals surface area contributed by atoms with Crippen molar-refractivity contribution in [1.29, 1.82) is 0 Å². The Hall–Kier alpha value is -1.36. The minimum atomic E-state index is -4.50. The third-order valence-corrected chi connectivity index (χ3v) is 5.99. The molecule has 0 saturated carbocycles. The highest BCUT2D eigenvalue weighted by atomic mass is 35.5. The van der Waals surface area contributed by atoms with Gasteiger partial charge in [-0.3, -0.25) is 4.79 Å². The number of benzene rings is 1. The number of carbonyl (C=O) groups is 1. The SMILES string of the molecule is CN(C1CCNCC1)S(=O)(=O)c1ccc(C(=O)NCC(F)(F)F)cc1.Cl. The maximum Gasteiger partial charge on any atom is 0.405 e. The number of hydrogen-bond acceptors (Lipinski definition) is 4. The number of piperidine rings is 1. The summed E-state index contributed by atoms with van der Waals surface area (Å²) in [6.45, 7) is 0.0377. The van der Waals surface area contributed by atoms with Gasteiger partial charge in [0.25, 0.3) is 5.91 Å². The van der Waals surface area contributed by atoms with Crippen LogP contribution in [-0.4, -0.2) is 57.5 Å². The topological polar surface area (TPSA) is 78.5 Å². The van der Waals surface area contributed by atoms with Crippen molar-refractivity contribution >= 4 is 28.3 Å². The quantitative estimate of drug-likeness (QED) is 0.768. The molecule has 6 nitrogen and oxygen atoms in total. The molecule has 1 heterocycles. The summed E-state index contributed by atoms with van der Waals surface area (Å²) in [5, 5.41) is 4.90. The molecule has 2 rings (SSSR count). The number of nitrogens with zero attached hydrogens (tertiary/aromatic N) is 1. The summed E-state index contributed by atoms with van der Waals surface area (Å²) in [5.41, 5.74) is -0.0345. The van der Waals surface area contributed by atoms with Gasteiger partial charge in [0.05, 0.1) is 4.90 Å². The summed E-state index contributed by atoms with van der Waals surface area (Å²) in [5.74, 6) is -0.909. The second kappa shape index (κ2) is 9.03. The predicted molar refractivity (Wildman–Crippen MR) is 92.9 cm³/mol. The van der Waals surface area contributed by atoms with Gasteiger partial charge in [-0.2, -0.15) is 17.5 Å². The van der Waals surface area contributed by atoms with Gasteiger partial charge in [0.15, 0.2) is 0 Å². The van der Waals surface area contributed by atoms with Crippen LogP contribution in [0.4, 0.5) is 13.2 Å². The Morgan fingerprint density at radius 2 is 1.77 bits per heavy atom. The molecule has 26 heavy (non-hydrogen) atoms. The predicted octanol–water partition coefficient (Wildman–Crippen LogP) is 1.77. The van der Waals surface area contributed by atoms with E-state index in [0.717, 1.165) is 13.1 Å². The maximum absolute atomic E-state index is 12.6. The highest BCUT2D eigenvalue weighted by Crippen LogP contribution is 2.21. The van der Waals surface area contributed by atoms with Crippen LogP contribution in [0.1, 0.15) is 23.2 Å². The molecule has 148 valence electrons. The zero-order valence-corrected chi connectivity index (χ0v) is 15.7. The Balaban J connectivity index is 0.00000338. The fourth-order valence-corrected chi connectivity index (χ4v) is 4.01. The van der Waals surface area contributed by atoms with Gasteiger partial charge < -0.3 is 10.6 Å². The Kier molecular flexibility index (Phi) is 7.87. The van der Waals surface area contributed by atoms with Gasteiger partial charge in [0.1, 0.15) is 6.54 Å². The summed E-state index contributed by atoms with van der Waals surface area (Å²) in [4.78, 5) is 11.7. The zero-order chi connectivity index (χ0) is 18.7. The van der Waals surface area contributed by atoms with Crippen LogP contribution in [0.2, 0.25) is 0 Å². The molecule has 0 atom stereocenters. The average Bonchev–Trinajstić information content (AvgIpc) is 2.59. The summed E-state index contributed by atoms with van der Waals surface area (Å²) >= 11 is 0. The Bertz CT molecular complexity index is 705. The molecule has 1 saturated heterocycles. The molecule has 11 heteroatoms. The minimum absolute atomic E-state index is 0. The molecule has 0 aromatic heterocycles. The highest BCUT2D eigenvalue weighted by Gasteiger charge is 2.30. The number of rotatable bonds is 5. The fourth-order valence-electron chi connectivity index (χ4n) is 2.59. The normalized spacial score (nSPS) is 16.2. The molecule has 1 aromatic rings.